The fraction of sp³-hybridized carbons (Fsp3) is 0.448. The number of hydrogen-bond donors (Lipinski definition) is 1. The standard InChI is InChI=1S/C29H34ClFN2O3S/c1-20-5-3-6-22(17-20)37-16-4-13-33-14-11-29(12-15-33,28(34)35)10-9-25(31)27-23-18-21(36-2)7-8-26(23)32-19-24(27)30/h3,5-8,17-19,25H,4,9-16H2,1-2H3,(H,34,35)/t25-/m1/s1. The van der Waals surface area contributed by atoms with Crippen LogP contribution < -0.4 is 4.74 Å². The zero-order valence-corrected chi connectivity index (χ0v) is 23.0. The lowest BCUT2D eigenvalue weighted by Gasteiger charge is -2.39. The molecule has 0 amide bonds. The monoisotopic (exact) mass is 544 g/mol. The zero-order valence-electron chi connectivity index (χ0n) is 21.4. The Kier molecular flexibility index (Phi) is 9.32. The van der Waals surface area contributed by atoms with Gasteiger partial charge in [0.2, 0.25) is 0 Å². The average molecular weight is 545 g/mol. The number of benzene rings is 2. The van der Waals surface area contributed by atoms with Crippen molar-refractivity contribution in [3.8, 4) is 5.75 Å². The number of aliphatic carboxylic acids is 1. The molecule has 2 aromatic carbocycles. The van der Waals surface area contributed by atoms with Crippen LogP contribution in [0.1, 0.15) is 49.4 Å². The lowest BCUT2D eigenvalue weighted by atomic mass is 9.74. The van der Waals surface area contributed by atoms with Gasteiger partial charge in [0.05, 0.1) is 23.1 Å². The number of halogens is 2. The van der Waals surface area contributed by atoms with E-state index in [9.17, 15) is 9.90 Å². The normalized spacial score (nSPS) is 16.5. The Balaban J connectivity index is 1.33. The molecule has 0 bridgehead atoms. The van der Waals surface area contributed by atoms with E-state index in [2.05, 4.69) is 41.1 Å². The molecule has 1 saturated heterocycles. The number of thioether (sulfide) groups is 1. The third kappa shape index (κ3) is 6.75. The van der Waals surface area contributed by atoms with Crippen molar-refractivity contribution in [1.82, 2.24) is 9.88 Å². The van der Waals surface area contributed by atoms with Crippen LogP contribution in [-0.4, -0.2) is 53.5 Å². The Morgan fingerprint density at radius 2 is 2.05 bits per heavy atom. The second-order valence-electron chi connectivity index (χ2n) is 9.85. The highest BCUT2D eigenvalue weighted by Crippen LogP contribution is 2.42. The Bertz CT molecular complexity index is 1230. The lowest BCUT2D eigenvalue weighted by Crippen LogP contribution is -2.44. The molecular weight excluding hydrogens is 511 g/mol. The van der Waals surface area contributed by atoms with Crippen LogP contribution >= 0.6 is 23.4 Å². The molecule has 1 atom stereocenters. The van der Waals surface area contributed by atoms with Gasteiger partial charge in [0.15, 0.2) is 0 Å². The van der Waals surface area contributed by atoms with Crippen LogP contribution in [0.15, 0.2) is 53.6 Å². The largest absolute Gasteiger partial charge is 0.497 e. The predicted octanol–water partition coefficient (Wildman–Crippen LogP) is 7.35. The van der Waals surface area contributed by atoms with Crippen molar-refractivity contribution in [2.45, 2.75) is 50.1 Å². The van der Waals surface area contributed by atoms with Gasteiger partial charge in [0.25, 0.3) is 0 Å². The molecule has 1 aliphatic heterocycles. The quantitative estimate of drug-likeness (QED) is 0.201. The van der Waals surface area contributed by atoms with E-state index in [0.717, 1.165) is 18.7 Å². The van der Waals surface area contributed by atoms with Crippen molar-refractivity contribution in [3.05, 3.63) is 64.8 Å². The van der Waals surface area contributed by atoms with E-state index < -0.39 is 17.6 Å². The zero-order chi connectivity index (χ0) is 26.4. The van der Waals surface area contributed by atoms with E-state index in [4.69, 9.17) is 16.3 Å². The molecule has 1 N–H and O–H groups in total. The minimum Gasteiger partial charge on any atom is -0.497 e. The molecule has 1 fully saturated rings. The highest BCUT2D eigenvalue weighted by atomic mass is 35.5. The number of rotatable bonds is 11. The molecule has 1 aliphatic rings. The highest BCUT2D eigenvalue weighted by molar-refractivity contribution is 7.99. The van der Waals surface area contributed by atoms with Gasteiger partial charge in [0, 0.05) is 22.0 Å². The molecule has 0 unspecified atom stereocenters. The van der Waals surface area contributed by atoms with Crippen LogP contribution in [0, 0.1) is 12.3 Å². The van der Waals surface area contributed by atoms with Crippen LogP contribution in [0.4, 0.5) is 4.39 Å². The van der Waals surface area contributed by atoms with Crippen LogP contribution in [0.5, 0.6) is 5.75 Å². The Morgan fingerprint density at radius 3 is 2.76 bits per heavy atom. The predicted molar refractivity (Wildman–Crippen MR) is 149 cm³/mol. The van der Waals surface area contributed by atoms with Crippen molar-refractivity contribution in [1.29, 1.82) is 0 Å². The fourth-order valence-electron chi connectivity index (χ4n) is 5.12. The summed E-state index contributed by atoms with van der Waals surface area (Å²) >= 11 is 8.23. The van der Waals surface area contributed by atoms with E-state index in [1.165, 1.54) is 16.7 Å². The van der Waals surface area contributed by atoms with E-state index in [1.807, 2.05) is 11.8 Å². The summed E-state index contributed by atoms with van der Waals surface area (Å²) < 4.78 is 20.9. The molecule has 1 aromatic heterocycles. The average Bonchev–Trinajstić information content (AvgIpc) is 2.90. The van der Waals surface area contributed by atoms with Gasteiger partial charge in [-0.25, -0.2) is 4.39 Å². The molecular formula is C29H34ClFN2O3S. The molecule has 37 heavy (non-hydrogen) atoms. The number of alkyl halides is 1. The van der Waals surface area contributed by atoms with Crippen LogP contribution in [0.25, 0.3) is 10.9 Å². The molecule has 0 saturated carbocycles. The fourth-order valence-corrected chi connectivity index (χ4v) is 6.34. The van der Waals surface area contributed by atoms with Crippen molar-refractivity contribution < 1.29 is 19.0 Å². The smallest absolute Gasteiger partial charge is 0.309 e. The summed E-state index contributed by atoms with van der Waals surface area (Å²) in [5.74, 6) is 0.789. The Hall–Kier alpha value is -2.35. The molecule has 0 aliphatic carbocycles. The first kappa shape index (κ1) is 27.7. The number of hydrogen-bond acceptors (Lipinski definition) is 5. The SMILES string of the molecule is COc1ccc2ncc(Cl)c([C@H](F)CCC3(C(=O)O)CCN(CCCSc4cccc(C)c4)CC3)c2c1. The van der Waals surface area contributed by atoms with Crippen molar-refractivity contribution in [2.24, 2.45) is 5.41 Å². The second kappa shape index (κ2) is 12.5. The third-order valence-corrected chi connectivity index (χ3v) is 8.78. The van der Waals surface area contributed by atoms with E-state index in [-0.39, 0.29) is 17.9 Å². The number of carboxylic acids is 1. The minimum absolute atomic E-state index is 0.0927. The molecule has 2 heterocycles. The number of nitrogens with zero attached hydrogens (tertiary/aromatic N) is 2. The Labute approximate surface area is 227 Å². The second-order valence-corrected chi connectivity index (χ2v) is 11.4. The first-order valence-corrected chi connectivity index (χ1v) is 14.1. The van der Waals surface area contributed by atoms with Gasteiger partial charge in [0.1, 0.15) is 11.9 Å². The van der Waals surface area contributed by atoms with Gasteiger partial charge < -0.3 is 14.7 Å². The topological polar surface area (TPSA) is 62.7 Å². The maximum absolute atomic E-state index is 15.6. The summed E-state index contributed by atoms with van der Waals surface area (Å²) in [4.78, 5) is 20.3. The number of likely N-dealkylation sites (tertiary alicyclic amines) is 1. The summed E-state index contributed by atoms with van der Waals surface area (Å²) in [7, 11) is 1.55. The van der Waals surface area contributed by atoms with E-state index >= 15 is 4.39 Å². The summed E-state index contributed by atoms with van der Waals surface area (Å²) in [6.07, 6.45) is 2.53. The number of pyridine rings is 1. The lowest BCUT2D eigenvalue weighted by molar-refractivity contribution is -0.153. The first-order chi connectivity index (χ1) is 17.8. The number of methoxy groups -OCH3 is 1. The van der Waals surface area contributed by atoms with Gasteiger partial charge in [-0.15, -0.1) is 11.8 Å². The highest BCUT2D eigenvalue weighted by Gasteiger charge is 2.41. The van der Waals surface area contributed by atoms with Gasteiger partial charge in [-0.2, -0.15) is 0 Å². The summed E-state index contributed by atoms with van der Waals surface area (Å²) in [6, 6.07) is 13.8. The van der Waals surface area contributed by atoms with Crippen LogP contribution in [-0.2, 0) is 4.79 Å². The molecule has 5 nitrogen and oxygen atoms in total. The molecule has 8 heteroatoms. The number of carbonyl (C=O) groups is 1. The van der Waals surface area contributed by atoms with Crippen molar-refractivity contribution in [3.63, 3.8) is 0 Å². The maximum Gasteiger partial charge on any atom is 0.309 e. The number of fused-ring (bicyclic) bond motifs is 1. The molecule has 4 rings (SSSR count). The van der Waals surface area contributed by atoms with Crippen molar-refractivity contribution in [2.75, 3.05) is 32.5 Å². The summed E-state index contributed by atoms with van der Waals surface area (Å²) in [6.45, 7) is 4.48. The number of aryl methyl sites for hydroxylation is 1. The van der Waals surface area contributed by atoms with Crippen LogP contribution in [0.3, 0.4) is 0 Å². The van der Waals surface area contributed by atoms with Gasteiger partial charge >= 0.3 is 5.97 Å². The minimum atomic E-state index is -1.39. The molecule has 0 radical (unpaired) electrons. The van der Waals surface area contributed by atoms with Gasteiger partial charge in [-0.1, -0.05) is 29.3 Å². The van der Waals surface area contributed by atoms with Crippen molar-refractivity contribution >= 4 is 40.2 Å². The number of carboxylic acid groups (broad SMARTS) is 1. The molecule has 0 spiro atoms. The van der Waals surface area contributed by atoms with Gasteiger partial charge in [-0.05, 0) is 94.7 Å². The van der Waals surface area contributed by atoms with E-state index in [0.29, 0.717) is 48.1 Å². The molecule has 3 aromatic rings. The van der Waals surface area contributed by atoms with Crippen LogP contribution in [0.2, 0.25) is 5.02 Å². The Morgan fingerprint density at radius 1 is 1.27 bits per heavy atom. The van der Waals surface area contributed by atoms with Gasteiger partial charge in [-0.3, -0.25) is 9.78 Å². The third-order valence-electron chi connectivity index (χ3n) is 7.40. The number of ether oxygens (including phenoxy) is 1. The summed E-state index contributed by atoms with van der Waals surface area (Å²) in [5, 5.41) is 11.0. The number of aromatic nitrogens is 1. The molecule has 198 valence electrons. The first-order valence-electron chi connectivity index (χ1n) is 12.7. The van der Waals surface area contributed by atoms with E-state index in [1.54, 1.807) is 25.3 Å². The maximum atomic E-state index is 15.6. The number of piperidine rings is 1. The summed E-state index contributed by atoms with van der Waals surface area (Å²) in [5.41, 5.74) is 1.34.